The van der Waals surface area contributed by atoms with E-state index in [-0.39, 0.29) is 31.1 Å². The smallest absolute Gasteiger partial charge is 0.306 e. The van der Waals surface area contributed by atoms with E-state index in [1.807, 2.05) is 60.8 Å². The van der Waals surface area contributed by atoms with Crippen LogP contribution in [0, 0.1) is 0 Å². The third-order valence-corrected chi connectivity index (χ3v) is 10.1. The summed E-state index contributed by atoms with van der Waals surface area (Å²) in [7, 11) is 0. The van der Waals surface area contributed by atoms with Gasteiger partial charge in [-0.15, -0.1) is 0 Å². The summed E-state index contributed by atoms with van der Waals surface area (Å²) in [5, 5.41) is 0. The molecule has 0 saturated heterocycles. The summed E-state index contributed by atoms with van der Waals surface area (Å²) < 4.78 is 16.7. The largest absolute Gasteiger partial charge is 0.462 e. The van der Waals surface area contributed by atoms with Crippen LogP contribution in [0.5, 0.6) is 0 Å². The number of unbranched alkanes of at least 4 members (excludes halogenated alkanes) is 17. The van der Waals surface area contributed by atoms with Crippen LogP contribution in [0.25, 0.3) is 0 Å². The Kier molecular flexibility index (Phi) is 48.2. The van der Waals surface area contributed by atoms with E-state index >= 15 is 0 Å². The Morgan fingerprint density at radius 1 is 0.308 bits per heavy atom. The Hall–Kier alpha value is -4.71. The van der Waals surface area contributed by atoms with Gasteiger partial charge >= 0.3 is 17.9 Å². The molecule has 0 aromatic heterocycles. The average Bonchev–Trinajstić information content (AvgIpc) is 3.30. The lowest BCUT2D eigenvalue weighted by atomic mass is 10.1. The van der Waals surface area contributed by atoms with Crippen molar-refractivity contribution in [2.45, 2.75) is 194 Å². The predicted octanol–water partition coefficient (Wildman–Crippen LogP) is 16.9. The number of esters is 3. The second-order valence-electron chi connectivity index (χ2n) is 16.2. The highest BCUT2D eigenvalue weighted by Gasteiger charge is 2.19. The van der Waals surface area contributed by atoms with Crippen molar-refractivity contribution in [3.63, 3.8) is 0 Å². The number of hydrogen-bond donors (Lipinski definition) is 0. The number of allylic oxidation sites excluding steroid dienone is 24. The summed E-state index contributed by atoms with van der Waals surface area (Å²) in [5.74, 6) is -0.991. The molecule has 1 unspecified atom stereocenters. The zero-order chi connectivity index (χ0) is 47.2. The van der Waals surface area contributed by atoms with Crippen LogP contribution in [0.2, 0.25) is 0 Å². The lowest BCUT2D eigenvalue weighted by Gasteiger charge is -2.18. The third kappa shape index (κ3) is 50.2. The predicted molar refractivity (Wildman–Crippen MR) is 279 cm³/mol. The zero-order valence-corrected chi connectivity index (χ0v) is 41.2. The van der Waals surface area contributed by atoms with Gasteiger partial charge < -0.3 is 14.2 Å². The molecule has 0 aliphatic heterocycles. The van der Waals surface area contributed by atoms with Crippen LogP contribution < -0.4 is 0 Å². The zero-order valence-electron chi connectivity index (χ0n) is 41.2. The minimum atomic E-state index is -0.814. The second kappa shape index (κ2) is 51.9. The molecule has 0 spiro atoms. The number of carbonyl (C=O) groups excluding carboxylic acids is 3. The van der Waals surface area contributed by atoms with E-state index in [0.29, 0.717) is 19.3 Å². The van der Waals surface area contributed by atoms with E-state index in [1.165, 1.54) is 44.9 Å². The first-order valence-electron chi connectivity index (χ1n) is 25.5. The van der Waals surface area contributed by atoms with Crippen LogP contribution in [-0.4, -0.2) is 37.2 Å². The van der Waals surface area contributed by atoms with Crippen molar-refractivity contribution in [1.82, 2.24) is 0 Å². The molecule has 0 bridgehead atoms. The maximum absolute atomic E-state index is 12.8. The van der Waals surface area contributed by atoms with Gasteiger partial charge in [-0.1, -0.05) is 237 Å². The summed E-state index contributed by atoms with van der Waals surface area (Å²) >= 11 is 0. The Labute approximate surface area is 397 Å². The summed E-state index contributed by atoms with van der Waals surface area (Å²) in [6.45, 7) is 6.15. The highest BCUT2D eigenvalue weighted by Crippen LogP contribution is 2.13. The number of rotatable bonds is 43. The molecule has 0 amide bonds. The van der Waals surface area contributed by atoms with Gasteiger partial charge in [-0.25, -0.2) is 0 Å². The van der Waals surface area contributed by atoms with Crippen molar-refractivity contribution in [3.8, 4) is 0 Å². The quantitative estimate of drug-likeness (QED) is 0.0263. The van der Waals surface area contributed by atoms with Crippen molar-refractivity contribution in [2.75, 3.05) is 13.2 Å². The number of carbonyl (C=O) groups is 3. The maximum Gasteiger partial charge on any atom is 0.306 e. The highest BCUT2D eigenvalue weighted by atomic mass is 16.6. The van der Waals surface area contributed by atoms with Gasteiger partial charge in [0.05, 0.1) is 0 Å². The molecule has 0 N–H and O–H groups in total. The minimum Gasteiger partial charge on any atom is -0.462 e. The molecule has 0 fully saturated rings. The lowest BCUT2D eigenvalue weighted by Crippen LogP contribution is -2.30. The van der Waals surface area contributed by atoms with Gasteiger partial charge in [0.2, 0.25) is 0 Å². The van der Waals surface area contributed by atoms with Gasteiger partial charge in [0, 0.05) is 19.3 Å². The molecule has 1 atom stereocenters. The SMILES string of the molecule is CC\C=C/C=C\C=C/C=C\C=C\C=C/CCCCCC(=O)OCC(COC(=O)CCCCCCCCC\C=C/C=C\C=C/CC)OC(=O)CCCCCCCCC\C=C/C=C\C=C/CC. The molecule has 362 valence electrons. The normalized spacial score (nSPS) is 13.3. The third-order valence-electron chi connectivity index (χ3n) is 10.1. The summed E-state index contributed by atoms with van der Waals surface area (Å²) in [5.41, 5.74) is 0. The van der Waals surface area contributed by atoms with Crippen molar-refractivity contribution >= 4 is 17.9 Å². The molecule has 6 heteroatoms. The van der Waals surface area contributed by atoms with Crippen molar-refractivity contribution < 1.29 is 28.6 Å². The molecule has 0 aliphatic rings. The molecule has 0 aliphatic carbocycles. The van der Waals surface area contributed by atoms with E-state index in [2.05, 4.69) is 106 Å². The first-order chi connectivity index (χ1) is 32.0. The maximum atomic E-state index is 12.8. The fraction of sp³-hybridized carbons (Fsp3) is 0.542. The van der Waals surface area contributed by atoms with Gasteiger partial charge in [-0.05, 0) is 77.0 Å². The highest BCUT2D eigenvalue weighted by molar-refractivity contribution is 5.71. The molecule has 6 nitrogen and oxygen atoms in total. The fourth-order valence-electron chi connectivity index (χ4n) is 6.35. The molecule has 0 aromatic carbocycles. The lowest BCUT2D eigenvalue weighted by molar-refractivity contribution is -0.167. The molecular formula is C59H90O6. The van der Waals surface area contributed by atoms with Crippen LogP contribution in [0.4, 0.5) is 0 Å². The summed E-state index contributed by atoms with van der Waals surface area (Å²) in [6.07, 6.45) is 73.9. The van der Waals surface area contributed by atoms with Crippen molar-refractivity contribution in [1.29, 1.82) is 0 Å². The Morgan fingerprint density at radius 3 is 0.877 bits per heavy atom. The first-order valence-corrected chi connectivity index (χ1v) is 25.5. The molecule has 0 aromatic rings. The summed E-state index contributed by atoms with van der Waals surface area (Å²) in [6, 6.07) is 0. The fourth-order valence-corrected chi connectivity index (χ4v) is 6.35. The van der Waals surface area contributed by atoms with E-state index < -0.39 is 6.10 Å². The van der Waals surface area contributed by atoms with Crippen LogP contribution in [0.3, 0.4) is 0 Å². The molecular weight excluding hydrogens is 805 g/mol. The number of ether oxygens (including phenoxy) is 3. The van der Waals surface area contributed by atoms with Crippen molar-refractivity contribution in [3.05, 3.63) is 146 Å². The topological polar surface area (TPSA) is 78.9 Å². The Morgan fingerprint density at radius 2 is 0.554 bits per heavy atom. The van der Waals surface area contributed by atoms with Crippen LogP contribution in [-0.2, 0) is 28.6 Å². The first kappa shape index (κ1) is 60.3. The molecule has 65 heavy (non-hydrogen) atoms. The monoisotopic (exact) mass is 895 g/mol. The molecule has 0 heterocycles. The van der Waals surface area contributed by atoms with E-state index in [1.54, 1.807) is 0 Å². The average molecular weight is 895 g/mol. The van der Waals surface area contributed by atoms with E-state index in [4.69, 9.17) is 14.2 Å². The van der Waals surface area contributed by atoms with Crippen molar-refractivity contribution in [2.24, 2.45) is 0 Å². The van der Waals surface area contributed by atoms with Gasteiger partial charge in [0.15, 0.2) is 6.10 Å². The van der Waals surface area contributed by atoms with Gasteiger partial charge in [-0.2, -0.15) is 0 Å². The van der Waals surface area contributed by atoms with Gasteiger partial charge in [0.25, 0.3) is 0 Å². The van der Waals surface area contributed by atoms with Crippen LogP contribution >= 0.6 is 0 Å². The Balaban J connectivity index is 4.55. The van der Waals surface area contributed by atoms with Gasteiger partial charge in [0.1, 0.15) is 13.2 Å². The van der Waals surface area contributed by atoms with Crippen LogP contribution in [0.1, 0.15) is 188 Å². The second-order valence-corrected chi connectivity index (χ2v) is 16.2. The summed E-state index contributed by atoms with van der Waals surface area (Å²) in [4.78, 5) is 38.0. The molecule has 0 rings (SSSR count). The van der Waals surface area contributed by atoms with Crippen LogP contribution in [0.15, 0.2) is 146 Å². The number of hydrogen-bond acceptors (Lipinski definition) is 6. The van der Waals surface area contributed by atoms with E-state index in [0.717, 1.165) is 103 Å². The molecule has 0 radical (unpaired) electrons. The minimum absolute atomic E-state index is 0.111. The Bertz CT molecular complexity index is 1490. The van der Waals surface area contributed by atoms with E-state index in [9.17, 15) is 14.4 Å². The standard InChI is InChI=1S/C59H90O6/c1-4-7-10-13-16-19-22-25-28-29-32-34-37-40-43-46-49-52-58(61)64-55-56(65-59(62)53-50-47-44-41-38-35-31-27-24-21-18-15-12-9-6-3)54-63-57(60)51-48-45-42-39-36-33-30-26-23-20-17-14-11-8-5-2/h7-25,28-29,32,34,37,56H,4-6,26-27,30-31,33,35-36,38-55H2,1-3H3/b10-7-,11-8-,12-9-,16-13-,17-14-,18-15-,22-19-,23-20-,24-21-,28-25-,32-29+,37-34-. The van der Waals surface area contributed by atoms with Gasteiger partial charge in [-0.3, -0.25) is 14.4 Å². The molecule has 0 saturated carbocycles.